The van der Waals surface area contributed by atoms with Crippen LogP contribution < -0.4 is 0 Å². The summed E-state index contributed by atoms with van der Waals surface area (Å²) in [6.07, 6.45) is 0.212. The number of methoxy groups -OCH3 is 1. The minimum Gasteiger partial charge on any atom is -0.508 e. The third kappa shape index (κ3) is 6.56. The molecule has 8 atom stereocenters. The summed E-state index contributed by atoms with van der Waals surface area (Å²) in [6.45, 7) is 8.94. The fraction of sp³-hybridized carbons (Fsp3) is 0.677. The second-order valence-corrected chi connectivity index (χ2v) is 12.7. The van der Waals surface area contributed by atoms with Crippen molar-refractivity contribution >= 4 is 11.9 Å². The van der Waals surface area contributed by atoms with Crippen molar-refractivity contribution in [3.63, 3.8) is 0 Å². The number of esters is 2. The number of hydrogen-bond acceptors (Lipinski definition) is 10. The number of aromatic hydroxyl groups is 1. The summed E-state index contributed by atoms with van der Waals surface area (Å²) in [7, 11) is 1.64. The van der Waals surface area contributed by atoms with E-state index in [0.29, 0.717) is 12.8 Å². The highest BCUT2D eigenvalue weighted by atomic mass is 16.7. The molecule has 3 N–H and O–H groups in total. The van der Waals surface area contributed by atoms with Crippen LogP contribution in [0.5, 0.6) is 5.75 Å². The van der Waals surface area contributed by atoms with Gasteiger partial charge in [-0.25, -0.2) is 4.79 Å². The molecule has 228 valence electrons. The standard InChI is InChI=1S/C31H44O10/c1-18(10-11-23(37-6)20-8-7-9-21(33)12-20)28-19(2)24-15-31(41-28)29(3,4)17-30(5,36)25(40-31)14-27(35)38-22(16-32)13-26(34)39-24/h7-9,12,14,18-19,22-24,28,32-33,36H,10-11,13,15-17H2,1-6H3. The Labute approximate surface area is 241 Å². The summed E-state index contributed by atoms with van der Waals surface area (Å²) in [4.78, 5) is 25.7. The molecule has 0 saturated carbocycles. The first kappa shape index (κ1) is 31.3. The zero-order valence-electron chi connectivity index (χ0n) is 24.8. The molecular weight excluding hydrogens is 532 g/mol. The van der Waals surface area contributed by atoms with Gasteiger partial charge in [-0.1, -0.05) is 39.8 Å². The number of cyclic esters (lactones) is 1. The van der Waals surface area contributed by atoms with Crippen molar-refractivity contribution in [2.24, 2.45) is 17.3 Å². The lowest BCUT2D eigenvalue weighted by molar-refractivity contribution is -0.371. The number of phenolic OH excluding ortho intramolecular Hbond substituents is 1. The van der Waals surface area contributed by atoms with Crippen molar-refractivity contribution in [3.8, 4) is 5.75 Å². The van der Waals surface area contributed by atoms with Gasteiger partial charge in [0.25, 0.3) is 0 Å². The first-order valence-corrected chi connectivity index (χ1v) is 14.3. The van der Waals surface area contributed by atoms with Crippen molar-refractivity contribution in [1.82, 2.24) is 0 Å². The molecule has 3 bridgehead atoms. The molecule has 0 radical (unpaired) electrons. The fourth-order valence-electron chi connectivity index (χ4n) is 6.59. The van der Waals surface area contributed by atoms with E-state index in [2.05, 4.69) is 6.92 Å². The number of aliphatic hydroxyl groups is 2. The van der Waals surface area contributed by atoms with E-state index in [1.807, 2.05) is 26.8 Å². The molecule has 8 unspecified atom stereocenters. The van der Waals surface area contributed by atoms with E-state index in [1.165, 1.54) is 0 Å². The fourth-order valence-corrected chi connectivity index (χ4v) is 6.59. The Kier molecular flexibility index (Phi) is 9.09. The van der Waals surface area contributed by atoms with Gasteiger partial charge in [0.1, 0.15) is 29.3 Å². The first-order chi connectivity index (χ1) is 19.2. The lowest BCUT2D eigenvalue weighted by atomic mass is 9.66. The highest BCUT2D eigenvalue weighted by Gasteiger charge is 2.63. The van der Waals surface area contributed by atoms with Crippen LogP contribution in [0.15, 0.2) is 36.1 Å². The van der Waals surface area contributed by atoms with Crippen LogP contribution in [-0.4, -0.2) is 70.7 Å². The molecular formula is C31H44O10. The average molecular weight is 577 g/mol. The van der Waals surface area contributed by atoms with Gasteiger partial charge in [0.05, 0.1) is 37.7 Å². The summed E-state index contributed by atoms with van der Waals surface area (Å²) in [6, 6.07) is 7.00. The van der Waals surface area contributed by atoms with E-state index in [4.69, 9.17) is 23.7 Å². The maximum atomic E-state index is 13.0. The second-order valence-electron chi connectivity index (χ2n) is 12.7. The van der Waals surface area contributed by atoms with Crippen LogP contribution in [0.25, 0.3) is 0 Å². The summed E-state index contributed by atoms with van der Waals surface area (Å²) in [5.41, 5.74) is -1.36. The molecule has 1 aromatic carbocycles. The van der Waals surface area contributed by atoms with Crippen molar-refractivity contribution in [1.29, 1.82) is 0 Å². The molecule has 3 aliphatic rings. The van der Waals surface area contributed by atoms with Gasteiger partial charge in [-0.15, -0.1) is 0 Å². The Morgan fingerprint density at radius 1 is 1.15 bits per heavy atom. The van der Waals surface area contributed by atoms with E-state index < -0.39 is 53.7 Å². The lowest BCUT2D eigenvalue weighted by Gasteiger charge is -2.59. The van der Waals surface area contributed by atoms with E-state index in [-0.39, 0.29) is 48.7 Å². The number of fused-ring (bicyclic) bond motifs is 2. The molecule has 10 nitrogen and oxygen atoms in total. The number of carbonyl (C=O) groups excluding carboxylic acids is 2. The van der Waals surface area contributed by atoms with Gasteiger partial charge in [-0.2, -0.15) is 0 Å². The SMILES string of the molecule is COC(CCC(C)C1OC23CC(OC(=O)CC(CO)OC(=O)C=C(O2)C(C)(O)CC3(C)C)C1C)c1cccc(O)c1. The third-order valence-corrected chi connectivity index (χ3v) is 8.91. The summed E-state index contributed by atoms with van der Waals surface area (Å²) >= 11 is 0. The van der Waals surface area contributed by atoms with Crippen molar-refractivity contribution in [2.75, 3.05) is 13.7 Å². The van der Waals surface area contributed by atoms with Gasteiger partial charge in [-0.3, -0.25) is 4.79 Å². The summed E-state index contributed by atoms with van der Waals surface area (Å²) in [5.74, 6) is -2.81. The van der Waals surface area contributed by atoms with E-state index >= 15 is 0 Å². The number of ether oxygens (including phenoxy) is 5. The van der Waals surface area contributed by atoms with Crippen molar-refractivity contribution < 1.29 is 48.6 Å². The van der Waals surface area contributed by atoms with E-state index in [0.717, 1.165) is 11.6 Å². The first-order valence-electron chi connectivity index (χ1n) is 14.3. The van der Waals surface area contributed by atoms with Crippen LogP contribution in [0.2, 0.25) is 0 Å². The Morgan fingerprint density at radius 3 is 2.54 bits per heavy atom. The minimum atomic E-state index is -1.49. The number of aliphatic hydroxyl groups excluding tert-OH is 1. The van der Waals surface area contributed by atoms with Gasteiger partial charge < -0.3 is 39.0 Å². The molecule has 1 spiro atoms. The Hall–Kier alpha value is -2.66. The third-order valence-electron chi connectivity index (χ3n) is 8.91. The maximum absolute atomic E-state index is 13.0. The Bertz CT molecular complexity index is 1140. The quantitative estimate of drug-likeness (QED) is 0.409. The predicted octanol–water partition coefficient (Wildman–Crippen LogP) is 3.92. The Balaban J connectivity index is 1.67. The normalized spacial score (nSPS) is 35.0. The molecule has 0 amide bonds. The molecule has 1 aromatic rings. The van der Waals surface area contributed by atoms with Crippen LogP contribution in [0.4, 0.5) is 0 Å². The molecule has 0 aromatic heterocycles. The number of phenols is 1. The van der Waals surface area contributed by atoms with Gasteiger partial charge in [-0.05, 0) is 49.8 Å². The zero-order valence-corrected chi connectivity index (χ0v) is 24.8. The molecule has 0 aliphatic carbocycles. The maximum Gasteiger partial charge on any atom is 0.334 e. The highest BCUT2D eigenvalue weighted by molar-refractivity contribution is 5.83. The van der Waals surface area contributed by atoms with Gasteiger partial charge in [0.15, 0.2) is 0 Å². The smallest absolute Gasteiger partial charge is 0.334 e. The molecule has 3 heterocycles. The number of carbonyl (C=O) groups is 2. The topological polar surface area (TPSA) is 141 Å². The van der Waals surface area contributed by atoms with Crippen molar-refractivity contribution in [2.45, 2.75) is 103 Å². The predicted molar refractivity (Wildman–Crippen MR) is 147 cm³/mol. The number of rotatable bonds is 7. The average Bonchev–Trinajstić information content (AvgIpc) is 2.88. The second kappa shape index (κ2) is 11.9. The zero-order chi connectivity index (χ0) is 30.2. The van der Waals surface area contributed by atoms with Crippen LogP contribution in [0.1, 0.15) is 78.4 Å². The molecule has 41 heavy (non-hydrogen) atoms. The minimum absolute atomic E-state index is 0.00783. The number of benzene rings is 1. The van der Waals surface area contributed by atoms with Crippen LogP contribution in [-0.2, 0) is 33.3 Å². The van der Waals surface area contributed by atoms with E-state index in [9.17, 15) is 24.9 Å². The van der Waals surface area contributed by atoms with Crippen molar-refractivity contribution in [3.05, 3.63) is 41.7 Å². The largest absolute Gasteiger partial charge is 0.508 e. The molecule has 4 rings (SSSR count). The van der Waals surface area contributed by atoms with Crippen LogP contribution >= 0.6 is 0 Å². The number of hydrogen-bond donors (Lipinski definition) is 3. The molecule has 10 heteroatoms. The summed E-state index contributed by atoms with van der Waals surface area (Å²) in [5, 5.41) is 31.0. The van der Waals surface area contributed by atoms with E-state index in [1.54, 1.807) is 32.2 Å². The van der Waals surface area contributed by atoms with Crippen LogP contribution in [0, 0.1) is 17.3 Å². The molecule has 2 saturated heterocycles. The molecule has 3 aliphatic heterocycles. The van der Waals surface area contributed by atoms with Gasteiger partial charge in [0, 0.05) is 18.4 Å². The van der Waals surface area contributed by atoms with Gasteiger partial charge >= 0.3 is 11.9 Å². The summed E-state index contributed by atoms with van der Waals surface area (Å²) < 4.78 is 30.3. The molecule has 2 fully saturated rings. The monoisotopic (exact) mass is 576 g/mol. The van der Waals surface area contributed by atoms with Gasteiger partial charge in [0.2, 0.25) is 5.79 Å². The lowest BCUT2D eigenvalue weighted by Crippen LogP contribution is -2.65. The van der Waals surface area contributed by atoms with Crippen LogP contribution in [0.3, 0.4) is 0 Å². The highest BCUT2D eigenvalue weighted by Crippen LogP contribution is 2.56. The Morgan fingerprint density at radius 2 is 1.88 bits per heavy atom.